The molecule has 0 fully saturated rings. The Hall–Kier alpha value is -2.13. The molecule has 0 aliphatic rings. The van der Waals surface area contributed by atoms with Crippen molar-refractivity contribution in [2.75, 3.05) is 0 Å². The number of aldehydes is 1. The zero-order valence-corrected chi connectivity index (χ0v) is 10.9. The summed E-state index contributed by atoms with van der Waals surface area (Å²) in [6.45, 7) is 0. The van der Waals surface area contributed by atoms with Crippen LogP contribution in [0.1, 0.15) is 10.4 Å². The highest BCUT2D eigenvalue weighted by Gasteiger charge is 2.05. The number of hydrogen-bond acceptors (Lipinski definition) is 3. The van der Waals surface area contributed by atoms with Crippen LogP contribution in [-0.2, 0) is 0 Å². The van der Waals surface area contributed by atoms with Gasteiger partial charge in [-0.25, -0.2) is 4.98 Å². The van der Waals surface area contributed by atoms with E-state index in [-0.39, 0.29) is 0 Å². The summed E-state index contributed by atoms with van der Waals surface area (Å²) in [6, 6.07) is 18.0. The number of hydrogen-bond donors (Lipinski definition) is 0. The highest BCUT2D eigenvalue weighted by molar-refractivity contribution is 7.99. The fraction of sp³-hybridized carbons (Fsp3) is 0. The minimum atomic E-state index is 0.626. The summed E-state index contributed by atoms with van der Waals surface area (Å²) in [5, 5.41) is 3.15. The van der Waals surface area contributed by atoms with Gasteiger partial charge in [0.1, 0.15) is 5.03 Å². The molecule has 19 heavy (non-hydrogen) atoms. The topological polar surface area (TPSA) is 30.0 Å². The average Bonchev–Trinajstić information content (AvgIpc) is 2.48. The van der Waals surface area contributed by atoms with E-state index in [4.69, 9.17) is 0 Å². The van der Waals surface area contributed by atoms with Gasteiger partial charge in [-0.1, -0.05) is 42.1 Å². The van der Waals surface area contributed by atoms with Crippen molar-refractivity contribution in [2.24, 2.45) is 0 Å². The minimum Gasteiger partial charge on any atom is -0.298 e. The van der Waals surface area contributed by atoms with E-state index in [9.17, 15) is 4.79 Å². The highest BCUT2D eigenvalue weighted by Crippen LogP contribution is 2.30. The van der Waals surface area contributed by atoms with E-state index in [1.54, 1.807) is 18.3 Å². The van der Waals surface area contributed by atoms with Crippen LogP contribution in [0.2, 0.25) is 0 Å². The minimum absolute atomic E-state index is 0.626. The van der Waals surface area contributed by atoms with Crippen LogP contribution in [0.3, 0.4) is 0 Å². The molecule has 0 unspecified atom stereocenters. The normalized spacial score (nSPS) is 10.5. The van der Waals surface area contributed by atoms with Gasteiger partial charge < -0.3 is 0 Å². The molecular formula is C16H11NOS. The molecule has 1 aromatic heterocycles. The van der Waals surface area contributed by atoms with Gasteiger partial charge in [-0.15, -0.1) is 0 Å². The van der Waals surface area contributed by atoms with Gasteiger partial charge in [0.15, 0.2) is 6.29 Å². The Morgan fingerprint density at radius 2 is 1.79 bits per heavy atom. The molecular weight excluding hydrogens is 254 g/mol. The third-order valence-corrected chi connectivity index (χ3v) is 3.89. The molecule has 0 spiro atoms. The largest absolute Gasteiger partial charge is 0.298 e. The monoisotopic (exact) mass is 265 g/mol. The molecule has 0 N–H and O–H groups in total. The Labute approximate surface area is 115 Å². The maximum atomic E-state index is 11.0. The molecule has 2 aromatic carbocycles. The zero-order chi connectivity index (χ0) is 13.1. The Kier molecular flexibility index (Phi) is 3.29. The van der Waals surface area contributed by atoms with Crippen molar-refractivity contribution in [1.29, 1.82) is 0 Å². The zero-order valence-electron chi connectivity index (χ0n) is 10.1. The molecule has 0 aliphatic heterocycles. The number of pyridine rings is 1. The van der Waals surface area contributed by atoms with E-state index < -0.39 is 0 Å². The number of carbonyl (C=O) groups excluding carboxylic acids is 1. The van der Waals surface area contributed by atoms with Gasteiger partial charge in [-0.2, -0.15) is 0 Å². The summed E-state index contributed by atoms with van der Waals surface area (Å²) >= 11 is 1.51. The van der Waals surface area contributed by atoms with E-state index >= 15 is 0 Å². The number of fused-ring (bicyclic) bond motifs is 1. The van der Waals surface area contributed by atoms with Crippen molar-refractivity contribution in [3.05, 3.63) is 66.4 Å². The molecule has 0 saturated heterocycles. The van der Waals surface area contributed by atoms with Gasteiger partial charge in [-0.3, -0.25) is 4.79 Å². The summed E-state index contributed by atoms with van der Waals surface area (Å²) in [5.74, 6) is 0. The second-order valence-corrected chi connectivity index (χ2v) is 5.19. The maximum absolute atomic E-state index is 11.0. The molecule has 0 radical (unpaired) electrons. The molecule has 3 heteroatoms. The quantitative estimate of drug-likeness (QED) is 0.665. The van der Waals surface area contributed by atoms with Gasteiger partial charge >= 0.3 is 0 Å². The molecule has 3 aromatic rings. The summed E-state index contributed by atoms with van der Waals surface area (Å²) < 4.78 is 0. The van der Waals surface area contributed by atoms with Crippen LogP contribution in [0, 0.1) is 0 Å². The number of carbonyl (C=O) groups is 1. The third-order valence-electron chi connectivity index (χ3n) is 2.86. The molecule has 0 saturated carbocycles. The van der Waals surface area contributed by atoms with E-state index in [1.807, 2.05) is 12.1 Å². The standard InChI is InChI=1S/C16H11NOS/c18-11-14-6-3-9-17-16(14)19-15-8-7-12-4-1-2-5-13(12)10-15/h1-11H. The summed E-state index contributed by atoms with van der Waals surface area (Å²) in [7, 11) is 0. The van der Waals surface area contributed by atoms with E-state index in [2.05, 4.69) is 35.3 Å². The first kappa shape index (κ1) is 11.9. The Morgan fingerprint density at radius 3 is 2.63 bits per heavy atom. The lowest BCUT2D eigenvalue weighted by Gasteiger charge is -2.04. The van der Waals surface area contributed by atoms with Gasteiger partial charge in [0.25, 0.3) is 0 Å². The lowest BCUT2D eigenvalue weighted by atomic mass is 10.1. The van der Waals surface area contributed by atoms with E-state index in [0.29, 0.717) is 5.56 Å². The van der Waals surface area contributed by atoms with Crippen molar-refractivity contribution >= 4 is 28.8 Å². The fourth-order valence-corrected chi connectivity index (χ4v) is 2.81. The smallest absolute Gasteiger partial charge is 0.152 e. The van der Waals surface area contributed by atoms with Crippen LogP contribution in [0.5, 0.6) is 0 Å². The van der Waals surface area contributed by atoms with Crippen molar-refractivity contribution in [2.45, 2.75) is 9.92 Å². The van der Waals surface area contributed by atoms with Crippen LogP contribution in [-0.4, -0.2) is 11.3 Å². The van der Waals surface area contributed by atoms with E-state index in [0.717, 1.165) is 16.2 Å². The summed E-state index contributed by atoms with van der Waals surface area (Å²) in [4.78, 5) is 16.3. The third kappa shape index (κ3) is 2.51. The Morgan fingerprint density at radius 1 is 0.947 bits per heavy atom. The highest BCUT2D eigenvalue weighted by atomic mass is 32.2. The predicted octanol–water partition coefficient (Wildman–Crippen LogP) is 4.20. The van der Waals surface area contributed by atoms with Crippen molar-refractivity contribution in [1.82, 2.24) is 4.98 Å². The average molecular weight is 265 g/mol. The SMILES string of the molecule is O=Cc1cccnc1Sc1ccc2ccccc2c1. The van der Waals surface area contributed by atoms with Crippen LogP contribution in [0.25, 0.3) is 10.8 Å². The second-order valence-electron chi connectivity index (χ2n) is 4.13. The summed E-state index contributed by atoms with van der Waals surface area (Å²) in [5.41, 5.74) is 0.626. The lowest BCUT2D eigenvalue weighted by molar-refractivity contribution is 0.112. The lowest BCUT2D eigenvalue weighted by Crippen LogP contribution is -1.88. The number of rotatable bonds is 3. The van der Waals surface area contributed by atoms with Gasteiger partial charge in [0.05, 0.1) is 0 Å². The molecule has 92 valence electrons. The van der Waals surface area contributed by atoms with Crippen LogP contribution in [0.4, 0.5) is 0 Å². The Bertz CT molecular complexity index is 739. The first-order chi connectivity index (χ1) is 9.36. The number of aromatic nitrogens is 1. The molecule has 0 aliphatic carbocycles. The number of nitrogens with zero attached hydrogens (tertiary/aromatic N) is 1. The predicted molar refractivity (Wildman–Crippen MR) is 77.7 cm³/mol. The van der Waals surface area contributed by atoms with E-state index in [1.165, 1.54) is 22.5 Å². The van der Waals surface area contributed by atoms with Crippen molar-refractivity contribution in [3.8, 4) is 0 Å². The first-order valence-corrected chi connectivity index (χ1v) is 6.75. The van der Waals surface area contributed by atoms with Gasteiger partial charge in [0.2, 0.25) is 0 Å². The number of benzene rings is 2. The molecule has 3 rings (SSSR count). The van der Waals surface area contributed by atoms with Gasteiger partial charge in [-0.05, 0) is 35.0 Å². The van der Waals surface area contributed by atoms with Crippen molar-refractivity contribution < 1.29 is 4.79 Å². The van der Waals surface area contributed by atoms with Crippen LogP contribution in [0.15, 0.2) is 70.7 Å². The first-order valence-electron chi connectivity index (χ1n) is 5.94. The Balaban J connectivity index is 1.99. The molecule has 0 amide bonds. The van der Waals surface area contributed by atoms with Crippen LogP contribution >= 0.6 is 11.8 Å². The second kappa shape index (κ2) is 5.24. The molecule has 2 nitrogen and oxygen atoms in total. The van der Waals surface area contributed by atoms with Gasteiger partial charge in [0, 0.05) is 16.7 Å². The maximum Gasteiger partial charge on any atom is 0.152 e. The fourth-order valence-electron chi connectivity index (χ4n) is 1.92. The van der Waals surface area contributed by atoms with Crippen molar-refractivity contribution in [3.63, 3.8) is 0 Å². The van der Waals surface area contributed by atoms with Crippen LogP contribution < -0.4 is 0 Å². The molecule has 1 heterocycles. The molecule has 0 atom stereocenters. The summed E-state index contributed by atoms with van der Waals surface area (Å²) in [6.07, 6.45) is 2.55. The molecule has 0 bridgehead atoms.